The van der Waals surface area contributed by atoms with E-state index in [-0.39, 0.29) is 17.9 Å². The van der Waals surface area contributed by atoms with Crippen LogP contribution in [0.15, 0.2) is 30.7 Å². The smallest absolute Gasteiger partial charge is 0.270 e. The second-order valence-electron chi connectivity index (χ2n) is 8.87. The van der Waals surface area contributed by atoms with Crippen LogP contribution in [0.1, 0.15) is 68.9 Å². The molecule has 0 saturated carbocycles. The monoisotopic (exact) mass is 433 g/mol. The van der Waals surface area contributed by atoms with Crippen LogP contribution in [0.3, 0.4) is 0 Å². The van der Waals surface area contributed by atoms with E-state index in [0.717, 1.165) is 35.4 Å². The first-order chi connectivity index (χ1) is 15.4. The number of hydrogen-bond acceptors (Lipinski definition) is 7. The van der Waals surface area contributed by atoms with Crippen molar-refractivity contribution < 1.29 is 4.79 Å². The van der Waals surface area contributed by atoms with Crippen LogP contribution in [0.5, 0.6) is 0 Å². The van der Waals surface area contributed by atoms with Crippen LogP contribution in [0.25, 0.3) is 10.8 Å². The average Bonchev–Trinajstić information content (AvgIpc) is 2.78. The molecule has 2 N–H and O–H groups in total. The molecule has 3 aromatic heterocycles. The van der Waals surface area contributed by atoms with Crippen LogP contribution in [0.4, 0.5) is 17.6 Å². The lowest BCUT2D eigenvalue weighted by Crippen LogP contribution is -2.31. The van der Waals surface area contributed by atoms with E-state index in [0.29, 0.717) is 17.3 Å². The molecule has 1 aliphatic heterocycles. The highest BCUT2D eigenvalue weighted by molar-refractivity contribution is 6.06. The van der Waals surface area contributed by atoms with Gasteiger partial charge >= 0.3 is 0 Å². The summed E-state index contributed by atoms with van der Waals surface area (Å²) in [6.07, 6.45) is 8.90. The van der Waals surface area contributed by atoms with Crippen molar-refractivity contribution in [1.29, 1.82) is 0 Å². The lowest BCUT2D eigenvalue weighted by atomic mass is 9.98. The van der Waals surface area contributed by atoms with E-state index in [1.807, 2.05) is 26.0 Å². The normalized spacial score (nSPS) is 14.2. The van der Waals surface area contributed by atoms with Gasteiger partial charge in [0.2, 0.25) is 5.95 Å². The predicted octanol–water partition coefficient (Wildman–Crippen LogP) is 4.42. The highest BCUT2D eigenvalue weighted by Gasteiger charge is 2.18. The Bertz CT molecular complexity index is 1110. The number of nitrogens with zero attached hydrogens (tertiary/aromatic N) is 5. The van der Waals surface area contributed by atoms with E-state index < -0.39 is 0 Å². The van der Waals surface area contributed by atoms with E-state index in [1.54, 1.807) is 18.6 Å². The van der Waals surface area contributed by atoms with Crippen molar-refractivity contribution in [3.8, 4) is 0 Å². The fourth-order valence-electron chi connectivity index (χ4n) is 3.99. The molecule has 8 nitrogen and oxygen atoms in total. The number of hydrogen-bond donors (Lipinski definition) is 2. The molecule has 4 rings (SSSR count). The highest BCUT2D eigenvalue weighted by atomic mass is 16.1. The summed E-state index contributed by atoms with van der Waals surface area (Å²) in [6, 6.07) is 3.85. The Hall–Kier alpha value is -3.29. The van der Waals surface area contributed by atoms with Crippen LogP contribution in [-0.2, 0) is 0 Å². The maximum absolute atomic E-state index is 12.7. The summed E-state index contributed by atoms with van der Waals surface area (Å²) in [5, 5.41) is 7.95. The zero-order valence-corrected chi connectivity index (χ0v) is 19.2. The first-order valence-corrected chi connectivity index (χ1v) is 11.4. The van der Waals surface area contributed by atoms with Crippen molar-refractivity contribution in [2.75, 3.05) is 23.3 Å². The van der Waals surface area contributed by atoms with Gasteiger partial charge in [0.15, 0.2) is 0 Å². The van der Waals surface area contributed by atoms with Crippen molar-refractivity contribution in [1.82, 2.24) is 25.3 Å². The number of piperidine rings is 1. The molecular formula is C24H31N7O. The van der Waals surface area contributed by atoms with Gasteiger partial charge in [-0.3, -0.25) is 9.78 Å². The molecule has 0 unspecified atom stereocenters. The average molecular weight is 434 g/mol. The van der Waals surface area contributed by atoms with Crippen LogP contribution < -0.4 is 15.5 Å². The van der Waals surface area contributed by atoms with Crippen molar-refractivity contribution in [2.45, 2.75) is 58.9 Å². The molecule has 0 spiro atoms. The van der Waals surface area contributed by atoms with Gasteiger partial charge in [-0.05, 0) is 62.1 Å². The Labute approximate surface area is 188 Å². The molecule has 0 radical (unpaired) electrons. The summed E-state index contributed by atoms with van der Waals surface area (Å²) in [5.41, 5.74) is 1.47. The van der Waals surface area contributed by atoms with E-state index in [1.165, 1.54) is 19.3 Å². The Kier molecular flexibility index (Phi) is 6.48. The molecule has 0 atom stereocenters. The molecule has 1 amide bonds. The second-order valence-corrected chi connectivity index (χ2v) is 8.87. The Balaban J connectivity index is 1.67. The van der Waals surface area contributed by atoms with Crippen LogP contribution >= 0.6 is 0 Å². The molecule has 168 valence electrons. The molecule has 32 heavy (non-hydrogen) atoms. The molecule has 4 heterocycles. The van der Waals surface area contributed by atoms with Crippen molar-refractivity contribution in [2.24, 2.45) is 0 Å². The lowest BCUT2D eigenvalue weighted by Gasteiger charge is -2.26. The third kappa shape index (κ3) is 4.79. The minimum absolute atomic E-state index is 0.0323. The number of pyridine rings is 2. The quantitative estimate of drug-likeness (QED) is 0.594. The number of nitrogens with one attached hydrogen (secondary N) is 2. The third-order valence-electron chi connectivity index (χ3n) is 5.60. The number of aromatic nitrogens is 4. The van der Waals surface area contributed by atoms with Crippen LogP contribution in [0.2, 0.25) is 0 Å². The van der Waals surface area contributed by atoms with Gasteiger partial charge in [0.1, 0.15) is 17.3 Å². The van der Waals surface area contributed by atoms with Crippen molar-refractivity contribution in [3.05, 3.63) is 42.0 Å². The second kappa shape index (κ2) is 9.46. The number of rotatable bonds is 6. The Morgan fingerprint density at radius 3 is 2.47 bits per heavy atom. The fraction of sp³-hybridized carbons (Fsp3) is 0.458. The molecule has 0 aromatic carbocycles. The number of carbonyl (C=O) groups is 1. The maximum Gasteiger partial charge on any atom is 0.270 e. The summed E-state index contributed by atoms with van der Waals surface area (Å²) < 4.78 is 0. The van der Waals surface area contributed by atoms with Gasteiger partial charge in [-0.2, -0.15) is 4.98 Å². The Morgan fingerprint density at radius 2 is 1.75 bits per heavy atom. The summed E-state index contributed by atoms with van der Waals surface area (Å²) >= 11 is 0. The largest absolute Gasteiger partial charge is 0.349 e. The highest BCUT2D eigenvalue weighted by Crippen LogP contribution is 2.29. The predicted molar refractivity (Wildman–Crippen MR) is 128 cm³/mol. The Morgan fingerprint density at radius 1 is 0.969 bits per heavy atom. The molecule has 1 fully saturated rings. The van der Waals surface area contributed by atoms with Gasteiger partial charge < -0.3 is 15.5 Å². The minimum Gasteiger partial charge on any atom is -0.349 e. The molecular weight excluding hydrogens is 402 g/mol. The van der Waals surface area contributed by atoms with Gasteiger partial charge in [0.25, 0.3) is 5.91 Å². The van der Waals surface area contributed by atoms with E-state index in [2.05, 4.69) is 44.3 Å². The van der Waals surface area contributed by atoms with E-state index >= 15 is 0 Å². The van der Waals surface area contributed by atoms with Gasteiger partial charge in [-0.1, -0.05) is 13.8 Å². The van der Waals surface area contributed by atoms with E-state index in [4.69, 9.17) is 4.98 Å². The number of anilines is 3. The molecule has 1 aliphatic rings. The molecule has 3 aromatic rings. The van der Waals surface area contributed by atoms with Crippen LogP contribution in [-0.4, -0.2) is 45.0 Å². The van der Waals surface area contributed by atoms with Gasteiger partial charge in [0.05, 0.1) is 0 Å². The van der Waals surface area contributed by atoms with Gasteiger partial charge in [-0.25, -0.2) is 9.97 Å². The lowest BCUT2D eigenvalue weighted by molar-refractivity contribution is 0.0940. The first kappa shape index (κ1) is 21.9. The number of fused-ring (bicyclic) bond motifs is 1. The maximum atomic E-state index is 12.7. The van der Waals surface area contributed by atoms with Crippen LogP contribution in [0, 0.1) is 0 Å². The zero-order valence-electron chi connectivity index (χ0n) is 19.2. The standard InChI is InChI=1S/C24H31N7O/c1-15(2)18-13-27-22(23(32)28-16(3)4)19-14-26-21(12-17(18)19)29-20-8-9-25-24(30-20)31-10-6-5-7-11-31/h8-9,12-16H,5-7,10-11H2,1-4H3,(H,28,32)(H,25,26,29,30). The number of amides is 1. The zero-order chi connectivity index (χ0) is 22.7. The fourth-order valence-corrected chi connectivity index (χ4v) is 3.99. The molecule has 0 aliphatic carbocycles. The molecule has 0 bridgehead atoms. The SMILES string of the molecule is CC(C)NC(=O)c1ncc(C(C)C)c2cc(Nc3ccnc(N4CCCCC4)n3)ncc12. The first-order valence-electron chi connectivity index (χ1n) is 11.4. The summed E-state index contributed by atoms with van der Waals surface area (Å²) in [5.74, 6) is 2.18. The van der Waals surface area contributed by atoms with Gasteiger partial charge in [-0.15, -0.1) is 0 Å². The molecule has 8 heteroatoms. The van der Waals surface area contributed by atoms with Gasteiger partial charge in [0, 0.05) is 43.1 Å². The summed E-state index contributed by atoms with van der Waals surface area (Å²) in [7, 11) is 0. The van der Waals surface area contributed by atoms with Crippen molar-refractivity contribution >= 4 is 34.3 Å². The molecule has 1 saturated heterocycles. The minimum atomic E-state index is -0.190. The number of carbonyl (C=O) groups excluding carboxylic acids is 1. The third-order valence-corrected chi connectivity index (χ3v) is 5.60. The summed E-state index contributed by atoms with van der Waals surface area (Å²) in [6.45, 7) is 10.1. The van der Waals surface area contributed by atoms with Crippen molar-refractivity contribution in [3.63, 3.8) is 0 Å². The summed E-state index contributed by atoms with van der Waals surface area (Å²) in [4.78, 5) is 33.1. The topological polar surface area (TPSA) is 95.9 Å². The van der Waals surface area contributed by atoms with E-state index in [9.17, 15) is 4.79 Å².